The summed E-state index contributed by atoms with van der Waals surface area (Å²) in [6.45, 7) is 2.05. The lowest BCUT2D eigenvalue weighted by Gasteiger charge is -2.15. The molecule has 3 nitrogen and oxygen atoms in total. The fourth-order valence-electron chi connectivity index (χ4n) is 1.71. The zero-order valence-electron chi connectivity index (χ0n) is 10.1. The van der Waals surface area contributed by atoms with Gasteiger partial charge in [0.1, 0.15) is 0 Å². The van der Waals surface area contributed by atoms with E-state index in [4.69, 9.17) is 0 Å². The van der Waals surface area contributed by atoms with Crippen LogP contribution < -0.4 is 5.32 Å². The summed E-state index contributed by atoms with van der Waals surface area (Å²) in [7, 11) is -1.43. The molecule has 1 aromatic carbocycles. The quantitative estimate of drug-likeness (QED) is 0.876. The summed E-state index contributed by atoms with van der Waals surface area (Å²) in [4.78, 5) is 0.372. The number of nitrogens with one attached hydrogen (secondary N) is 1. The lowest BCUT2D eigenvalue weighted by molar-refractivity contribution is 0.536. The van der Waals surface area contributed by atoms with Gasteiger partial charge in [0.15, 0.2) is 9.84 Å². The lowest BCUT2D eigenvalue weighted by Crippen LogP contribution is -2.33. The first-order valence-electron chi connectivity index (χ1n) is 5.65. The van der Waals surface area contributed by atoms with E-state index in [1.54, 1.807) is 25.2 Å². The smallest absolute Gasteiger partial charge is 0.181 e. The highest BCUT2D eigenvalue weighted by molar-refractivity contribution is 9.10. The molecule has 96 valence electrons. The predicted molar refractivity (Wildman–Crippen MR) is 74.0 cm³/mol. The Bertz CT molecular complexity index is 459. The fourth-order valence-corrected chi connectivity index (χ4v) is 4.43. The van der Waals surface area contributed by atoms with Crippen molar-refractivity contribution in [1.29, 1.82) is 0 Å². The van der Waals surface area contributed by atoms with Crippen molar-refractivity contribution in [2.75, 3.05) is 12.8 Å². The Balaban J connectivity index is 2.92. The summed E-state index contributed by atoms with van der Waals surface area (Å²) in [5.74, 6) is 0.139. The molecule has 0 aliphatic heterocycles. The third kappa shape index (κ3) is 4.08. The second-order valence-corrected chi connectivity index (χ2v) is 6.84. The van der Waals surface area contributed by atoms with Crippen molar-refractivity contribution in [1.82, 2.24) is 5.32 Å². The SMILES string of the molecule is CCCC(CS(=O)(=O)c1ccccc1Br)NC. The second-order valence-electron chi connectivity index (χ2n) is 3.99. The molecule has 5 heteroatoms. The normalized spacial score (nSPS) is 13.6. The number of hydrogen-bond donors (Lipinski definition) is 1. The van der Waals surface area contributed by atoms with E-state index in [9.17, 15) is 8.42 Å². The highest BCUT2D eigenvalue weighted by Gasteiger charge is 2.21. The number of sulfone groups is 1. The van der Waals surface area contributed by atoms with E-state index in [1.807, 2.05) is 6.07 Å². The van der Waals surface area contributed by atoms with E-state index in [0.717, 1.165) is 12.8 Å². The zero-order chi connectivity index (χ0) is 12.9. The standard InChI is InChI=1S/C12H18BrNO2S/c1-3-6-10(14-2)9-17(15,16)12-8-5-4-7-11(12)13/h4-5,7-8,10,14H,3,6,9H2,1-2H3. The summed E-state index contributed by atoms with van der Waals surface area (Å²) < 4.78 is 25.1. The first-order chi connectivity index (χ1) is 8.01. The van der Waals surface area contributed by atoms with Gasteiger partial charge in [-0.3, -0.25) is 0 Å². The Hall–Kier alpha value is -0.390. The van der Waals surface area contributed by atoms with Crippen molar-refractivity contribution in [2.24, 2.45) is 0 Å². The van der Waals surface area contributed by atoms with Gasteiger partial charge in [0.2, 0.25) is 0 Å². The van der Waals surface area contributed by atoms with Gasteiger partial charge in [0.25, 0.3) is 0 Å². The molecule has 0 saturated carbocycles. The van der Waals surface area contributed by atoms with Gasteiger partial charge in [-0.2, -0.15) is 0 Å². The van der Waals surface area contributed by atoms with Crippen molar-refractivity contribution in [3.63, 3.8) is 0 Å². The largest absolute Gasteiger partial charge is 0.316 e. The molecule has 17 heavy (non-hydrogen) atoms. The van der Waals surface area contributed by atoms with Crippen LogP contribution in [0.15, 0.2) is 33.6 Å². The van der Waals surface area contributed by atoms with E-state index in [1.165, 1.54) is 0 Å². The van der Waals surface area contributed by atoms with Gasteiger partial charge in [-0.25, -0.2) is 8.42 Å². The molecule has 1 N–H and O–H groups in total. The molecular weight excluding hydrogens is 302 g/mol. The molecule has 0 radical (unpaired) electrons. The molecule has 1 rings (SSSR count). The van der Waals surface area contributed by atoms with Gasteiger partial charge < -0.3 is 5.32 Å². The van der Waals surface area contributed by atoms with E-state index >= 15 is 0 Å². The van der Waals surface area contributed by atoms with Gasteiger partial charge in [-0.1, -0.05) is 25.5 Å². The number of halogens is 1. The van der Waals surface area contributed by atoms with Gasteiger partial charge in [0, 0.05) is 10.5 Å². The maximum Gasteiger partial charge on any atom is 0.181 e. The van der Waals surface area contributed by atoms with Crippen LogP contribution in [0.4, 0.5) is 0 Å². The third-order valence-electron chi connectivity index (χ3n) is 2.64. The zero-order valence-corrected chi connectivity index (χ0v) is 12.5. The van der Waals surface area contributed by atoms with Gasteiger partial charge >= 0.3 is 0 Å². The third-order valence-corrected chi connectivity index (χ3v) is 5.46. The second kappa shape index (κ2) is 6.52. The van der Waals surface area contributed by atoms with Crippen LogP contribution in [0.5, 0.6) is 0 Å². The van der Waals surface area contributed by atoms with E-state index in [-0.39, 0.29) is 11.8 Å². The topological polar surface area (TPSA) is 46.2 Å². The molecule has 0 bridgehead atoms. The van der Waals surface area contributed by atoms with Gasteiger partial charge in [-0.05, 0) is 41.5 Å². The first-order valence-corrected chi connectivity index (χ1v) is 8.10. The van der Waals surface area contributed by atoms with E-state index in [2.05, 4.69) is 28.2 Å². The van der Waals surface area contributed by atoms with Crippen molar-refractivity contribution >= 4 is 25.8 Å². The van der Waals surface area contributed by atoms with Gasteiger partial charge in [-0.15, -0.1) is 0 Å². The molecule has 1 aromatic rings. The molecule has 0 heterocycles. The van der Waals surface area contributed by atoms with Gasteiger partial charge in [0.05, 0.1) is 10.6 Å². The fraction of sp³-hybridized carbons (Fsp3) is 0.500. The number of rotatable bonds is 6. The Kier molecular flexibility index (Phi) is 5.62. The minimum Gasteiger partial charge on any atom is -0.316 e. The minimum absolute atomic E-state index is 0.0112. The monoisotopic (exact) mass is 319 g/mol. The molecule has 0 aromatic heterocycles. The average molecular weight is 320 g/mol. The molecule has 1 atom stereocenters. The lowest BCUT2D eigenvalue weighted by atomic mass is 10.2. The van der Waals surface area contributed by atoms with Crippen LogP contribution in [-0.4, -0.2) is 27.3 Å². The molecule has 0 spiro atoms. The summed E-state index contributed by atoms with van der Waals surface area (Å²) in [5, 5.41) is 3.05. The Labute approximate surface area is 112 Å². The Morgan fingerprint density at radius 2 is 2.00 bits per heavy atom. The van der Waals surface area contributed by atoms with Crippen LogP contribution in [0.2, 0.25) is 0 Å². The van der Waals surface area contributed by atoms with Crippen LogP contribution in [0.3, 0.4) is 0 Å². The van der Waals surface area contributed by atoms with Crippen molar-refractivity contribution in [3.05, 3.63) is 28.7 Å². The summed E-state index contributed by atoms with van der Waals surface area (Å²) in [5.41, 5.74) is 0. The number of hydrogen-bond acceptors (Lipinski definition) is 3. The highest BCUT2D eigenvalue weighted by atomic mass is 79.9. The minimum atomic E-state index is -3.23. The van der Waals surface area contributed by atoms with Crippen LogP contribution >= 0.6 is 15.9 Å². The van der Waals surface area contributed by atoms with Crippen LogP contribution in [0, 0.1) is 0 Å². The molecule has 0 fully saturated rings. The van der Waals surface area contributed by atoms with Crippen molar-refractivity contribution in [3.8, 4) is 0 Å². The molecule has 0 amide bonds. The number of benzene rings is 1. The van der Waals surface area contributed by atoms with Crippen molar-refractivity contribution < 1.29 is 8.42 Å². The Morgan fingerprint density at radius 1 is 1.35 bits per heavy atom. The molecule has 0 aliphatic rings. The maximum atomic E-state index is 12.2. The van der Waals surface area contributed by atoms with Crippen LogP contribution in [0.25, 0.3) is 0 Å². The summed E-state index contributed by atoms with van der Waals surface area (Å²) >= 11 is 3.28. The summed E-state index contributed by atoms with van der Waals surface area (Å²) in [6, 6.07) is 6.95. The first kappa shape index (κ1) is 14.7. The molecule has 1 unspecified atom stereocenters. The van der Waals surface area contributed by atoms with Crippen molar-refractivity contribution in [2.45, 2.75) is 30.7 Å². The van der Waals surface area contributed by atoms with E-state index in [0.29, 0.717) is 9.37 Å². The molecular formula is C12H18BrNO2S. The van der Waals surface area contributed by atoms with Crippen LogP contribution in [0.1, 0.15) is 19.8 Å². The predicted octanol–water partition coefficient (Wildman–Crippen LogP) is 2.61. The molecule has 0 aliphatic carbocycles. The summed E-state index contributed by atoms with van der Waals surface area (Å²) in [6.07, 6.45) is 1.83. The van der Waals surface area contributed by atoms with E-state index < -0.39 is 9.84 Å². The highest BCUT2D eigenvalue weighted by Crippen LogP contribution is 2.23. The van der Waals surface area contributed by atoms with Crippen LogP contribution in [-0.2, 0) is 9.84 Å². The average Bonchev–Trinajstić information content (AvgIpc) is 2.28. The Morgan fingerprint density at radius 3 is 2.53 bits per heavy atom. The molecule has 0 saturated heterocycles. The maximum absolute atomic E-state index is 12.2.